The minimum atomic E-state index is -0.854. The molecule has 2 aromatic rings. The molecule has 0 atom stereocenters. The average Bonchev–Trinajstić information content (AvgIpc) is 3.14. The van der Waals surface area contributed by atoms with Crippen molar-refractivity contribution in [3.8, 4) is 0 Å². The number of aromatic carboxylic acids is 1. The highest BCUT2D eigenvalue weighted by molar-refractivity contribution is 7.14. The number of thiophene rings is 1. The molecule has 1 heterocycles. The topological polar surface area (TPSA) is 37.3 Å². The molecular formula is C26H34O2S. The van der Waals surface area contributed by atoms with Crippen molar-refractivity contribution >= 4 is 29.5 Å². The Bertz CT molecular complexity index is 915. The molecule has 0 aliphatic heterocycles. The lowest BCUT2D eigenvalue weighted by Crippen LogP contribution is -2.34. The van der Waals surface area contributed by atoms with Crippen molar-refractivity contribution in [2.45, 2.75) is 84.0 Å². The van der Waals surface area contributed by atoms with E-state index in [0.29, 0.717) is 4.88 Å². The van der Waals surface area contributed by atoms with Crippen molar-refractivity contribution < 1.29 is 9.90 Å². The quantitative estimate of drug-likeness (QED) is 0.475. The highest BCUT2D eigenvalue weighted by Crippen LogP contribution is 2.47. The van der Waals surface area contributed by atoms with Crippen LogP contribution in [0.15, 0.2) is 24.3 Å². The van der Waals surface area contributed by atoms with E-state index in [2.05, 4.69) is 58.9 Å². The van der Waals surface area contributed by atoms with Crippen LogP contribution in [0.5, 0.6) is 0 Å². The molecule has 1 aromatic heterocycles. The van der Waals surface area contributed by atoms with Crippen LogP contribution in [0.25, 0.3) is 12.2 Å². The van der Waals surface area contributed by atoms with Crippen LogP contribution in [0, 0.1) is 0 Å². The van der Waals surface area contributed by atoms with Gasteiger partial charge in [-0.25, -0.2) is 4.79 Å². The molecule has 0 unspecified atom stereocenters. The molecule has 0 saturated heterocycles. The van der Waals surface area contributed by atoms with E-state index in [-0.39, 0.29) is 10.8 Å². The smallest absolute Gasteiger partial charge is 0.345 e. The lowest BCUT2D eigenvalue weighted by Gasteiger charge is -2.42. The van der Waals surface area contributed by atoms with Gasteiger partial charge in [0.05, 0.1) is 0 Å². The molecule has 1 aliphatic rings. The van der Waals surface area contributed by atoms with Gasteiger partial charge in [0.15, 0.2) is 0 Å². The van der Waals surface area contributed by atoms with Gasteiger partial charge in [-0.2, -0.15) is 0 Å². The number of carboxylic acids is 1. The highest BCUT2D eigenvalue weighted by atomic mass is 32.1. The predicted molar refractivity (Wildman–Crippen MR) is 125 cm³/mol. The van der Waals surface area contributed by atoms with E-state index in [0.717, 1.165) is 11.3 Å². The molecule has 1 aliphatic carbocycles. The number of fused-ring (bicyclic) bond motifs is 1. The fourth-order valence-corrected chi connectivity index (χ4v) is 5.09. The summed E-state index contributed by atoms with van der Waals surface area (Å²) in [6, 6.07) is 8.47. The summed E-state index contributed by atoms with van der Waals surface area (Å²) in [4.78, 5) is 12.5. The summed E-state index contributed by atoms with van der Waals surface area (Å²) in [5.41, 5.74) is 6.11. The Hall–Kier alpha value is -1.87. The molecule has 0 bridgehead atoms. The minimum Gasteiger partial charge on any atom is -0.477 e. The first-order valence-electron chi connectivity index (χ1n) is 10.8. The molecule has 0 fully saturated rings. The Labute approximate surface area is 179 Å². The summed E-state index contributed by atoms with van der Waals surface area (Å²) in [6.07, 6.45) is 11.5. The summed E-state index contributed by atoms with van der Waals surface area (Å²) >= 11 is 1.33. The molecule has 156 valence electrons. The van der Waals surface area contributed by atoms with Gasteiger partial charge in [0.1, 0.15) is 4.88 Å². The molecule has 0 saturated carbocycles. The van der Waals surface area contributed by atoms with E-state index >= 15 is 0 Å². The molecule has 0 spiro atoms. The SMILES string of the molecule is CCCCCc1cc2c(cc1C=Cc1ccc(C(=O)O)s1)C(C)(C)CCC2(C)C. The third kappa shape index (κ3) is 4.83. The van der Waals surface area contributed by atoms with Gasteiger partial charge in [0.2, 0.25) is 0 Å². The molecule has 2 nitrogen and oxygen atoms in total. The minimum absolute atomic E-state index is 0.189. The second-order valence-corrected chi connectivity index (χ2v) is 10.8. The van der Waals surface area contributed by atoms with E-state index < -0.39 is 5.97 Å². The Morgan fingerprint density at radius 3 is 2.28 bits per heavy atom. The van der Waals surface area contributed by atoms with Crippen LogP contribution >= 0.6 is 11.3 Å². The summed E-state index contributed by atoms with van der Waals surface area (Å²) < 4.78 is 0. The first-order valence-corrected chi connectivity index (χ1v) is 11.6. The van der Waals surface area contributed by atoms with Crippen LogP contribution in [-0.4, -0.2) is 11.1 Å². The summed E-state index contributed by atoms with van der Waals surface area (Å²) in [7, 11) is 0. The third-order valence-corrected chi connectivity index (χ3v) is 7.47. The average molecular weight is 411 g/mol. The van der Waals surface area contributed by atoms with Gasteiger partial charge in [-0.05, 0) is 77.0 Å². The van der Waals surface area contributed by atoms with Gasteiger partial charge in [-0.1, -0.05) is 65.7 Å². The normalized spacial score (nSPS) is 17.4. The second-order valence-electron chi connectivity index (χ2n) is 9.66. The Kier molecular flexibility index (Phi) is 6.38. The fraction of sp³-hybridized carbons (Fsp3) is 0.500. The molecule has 1 N–H and O–H groups in total. The number of carbonyl (C=O) groups is 1. The molecule has 3 heteroatoms. The number of aryl methyl sites for hydroxylation is 1. The van der Waals surface area contributed by atoms with E-state index in [1.54, 1.807) is 6.07 Å². The van der Waals surface area contributed by atoms with E-state index in [4.69, 9.17) is 0 Å². The van der Waals surface area contributed by atoms with Crippen LogP contribution in [0.3, 0.4) is 0 Å². The van der Waals surface area contributed by atoms with Crippen molar-refractivity contribution in [2.75, 3.05) is 0 Å². The van der Waals surface area contributed by atoms with Crippen LogP contribution in [-0.2, 0) is 17.3 Å². The van der Waals surface area contributed by atoms with Crippen molar-refractivity contribution in [1.82, 2.24) is 0 Å². The van der Waals surface area contributed by atoms with Crippen LogP contribution in [0.2, 0.25) is 0 Å². The van der Waals surface area contributed by atoms with Crippen molar-refractivity contribution in [3.05, 3.63) is 56.3 Å². The molecule has 0 amide bonds. The predicted octanol–water partition coefficient (Wildman–Crippen LogP) is 7.70. The zero-order chi connectivity index (χ0) is 21.2. The summed E-state index contributed by atoms with van der Waals surface area (Å²) in [5.74, 6) is -0.854. The standard InChI is InChI=1S/C26H34O2S/c1-6-7-8-9-18-16-21-22(26(4,5)15-14-25(21,2)3)17-19(18)10-11-20-12-13-23(29-20)24(27)28/h10-13,16-17H,6-9,14-15H2,1-5H3,(H,27,28). The zero-order valence-electron chi connectivity index (χ0n) is 18.5. The number of unbranched alkanes of at least 4 members (excludes halogenated alkanes) is 2. The van der Waals surface area contributed by atoms with Gasteiger partial charge in [0, 0.05) is 4.88 Å². The maximum Gasteiger partial charge on any atom is 0.345 e. The second kappa shape index (κ2) is 8.47. The van der Waals surface area contributed by atoms with E-state index in [9.17, 15) is 9.90 Å². The maximum absolute atomic E-state index is 11.2. The van der Waals surface area contributed by atoms with Crippen LogP contribution in [0.1, 0.15) is 104 Å². The fourth-order valence-electron chi connectivity index (χ4n) is 4.34. The molecule has 29 heavy (non-hydrogen) atoms. The summed E-state index contributed by atoms with van der Waals surface area (Å²) in [5, 5.41) is 9.17. The number of benzene rings is 1. The lowest BCUT2D eigenvalue weighted by molar-refractivity contribution is 0.0702. The number of hydrogen-bond donors (Lipinski definition) is 1. The zero-order valence-corrected chi connectivity index (χ0v) is 19.3. The van der Waals surface area contributed by atoms with Gasteiger partial charge in [-0.3, -0.25) is 0 Å². The monoisotopic (exact) mass is 410 g/mol. The number of carboxylic acid groups (broad SMARTS) is 1. The largest absolute Gasteiger partial charge is 0.477 e. The van der Waals surface area contributed by atoms with Crippen molar-refractivity contribution in [2.24, 2.45) is 0 Å². The third-order valence-electron chi connectivity index (χ3n) is 6.43. The Balaban J connectivity index is 2.03. The van der Waals surface area contributed by atoms with Crippen molar-refractivity contribution in [1.29, 1.82) is 0 Å². The molecule has 3 rings (SSSR count). The van der Waals surface area contributed by atoms with Gasteiger partial charge in [0.25, 0.3) is 0 Å². The Morgan fingerprint density at radius 2 is 1.69 bits per heavy atom. The highest BCUT2D eigenvalue weighted by Gasteiger charge is 2.37. The molecule has 1 aromatic carbocycles. The number of rotatable bonds is 7. The lowest BCUT2D eigenvalue weighted by atomic mass is 9.62. The first kappa shape index (κ1) is 21.8. The molecular weight excluding hydrogens is 376 g/mol. The maximum atomic E-state index is 11.2. The Morgan fingerprint density at radius 1 is 1.03 bits per heavy atom. The summed E-state index contributed by atoms with van der Waals surface area (Å²) in [6.45, 7) is 11.7. The first-order chi connectivity index (χ1) is 13.6. The van der Waals surface area contributed by atoms with Gasteiger partial charge in [-0.15, -0.1) is 11.3 Å². The van der Waals surface area contributed by atoms with E-state index in [1.807, 2.05) is 6.07 Å². The van der Waals surface area contributed by atoms with Gasteiger partial charge < -0.3 is 5.11 Å². The van der Waals surface area contributed by atoms with Crippen LogP contribution < -0.4 is 0 Å². The van der Waals surface area contributed by atoms with Crippen LogP contribution in [0.4, 0.5) is 0 Å². The van der Waals surface area contributed by atoms with Gasteiger partial charge >= 0.3 is 5.97 Å². The van der Waals surface area contributed by atoms with Crippen molar-refractivity contribution in [3.63, 3.8) is 0 Å². The molecule has 0 radical (unpaired) electrons. The number of hydrogen-bond acceptors (Lipinski definition) is 2. The van der Waals surface area contributed by atoms with E-state index in [1.165, 1.54) is 65.7 Å².